The van der Waals surface area contributed by atoms with Gasteiger partial charge >= 0.3 is 0 Å². The number of rotatable bonds is 3. The SMILES string of the molecule is Cc1ccc(/C(Br)=C\S(=O)(=O)c2ccc(C)cc2)cc1. The number of benzene rings is 2. The number of halogens is 1. The zero-order valence-electron chi connectivity index (χ0n) is 11.3. The van der Waals surface area contributed by atoms with Crippen LogP contribution in [0.3, 0.4) is 0 Å². The predicted molar refractivity (Wildman–Crippen MR) is 86.4 cm³/mol. The van der Waals surface area contributed by atoms with Crippen molar-refractivity contribution in [1.82, 2.24) is 0 Å². The average Bonchev–Trinajstić information content (AvgIpc) is 2.39. The number of aryl methyl sites for hydroxylation is 2. The second kappa shape index (κ2) is 5.94. The van der Waals surface area contributed by atoms with Gasteiger partial charge in [-0.3, -0.25) is 0 Å². The molecule has 2 aromatic carbocycles. The van der Waals surface area contributed by atoms with Gasteiger partial charge in [0.1, 0.15) is 0 Å². The zero-order valence-corrected chi connectivity index (χ0v) is 13.7. The molecule has 0 atom stereocenters. The molecule has 0 bridgehead atoms. The minimum atomic E-state index is -3.44. The Morgan fingerprint density at radius 2 is 1.35 bits per heavy atom. The summed E-state index contributed by atoms with van der Waals surface area (Å²) in [6.45, 7) is 3.92. The first-order chi connectivity index (χ1) is 9.38. The van der Waals surface area contributed by atoms with Crippen molar-refractivity contribution in [3.8, 4) is 0 Å². The van der Waals surface area contributed by atoms with Crippen LogP contribution in [0.25, 0.3) is 4.48 Å². The fourth-order valence-electron chi connectivity index (χ4n) is 1.71. The predicted octanol–water partition coefficient (Wildman–Crippen LogP) is 4.47. The van der Waals surface area contributed by atoms with E-state index in [1.165, 1.54) is 5.41 Å². The van der Waals surface area contributed by atoms with Crippen LogP contribution in [0.1, 0.15) is 16.7 Å². The normalized spacial score (nSPS) is 12.4. The minimum Gasteiger partial charge on any atom is -0.219 e. The van der Waals surface area contributed by atoms with E-state index in [1.54, 1.807) is 24.3 Å². The highest BCUT2D eigenvalue weighted by atomic mass is 79.9. The van der Waals surface area contributed by atoms with Crippen LogP contribution in [0.2, 0.25) is 0 Å². The van der Waals surface area contributed by atoms with Crippen molar-refractivity contribution in [3.05, 3.63) is 70.6 Å². The third-order valence-electron chi connectivity index (χ3n) is 2.94. The van der Waals surface area contributed by atoms with Crippen LogP contribution >= 0.6 is 15.9 Å². The smallest absolute Gasteiger partial charge is 0.200 e. The molecule has 0 heterocycles. The minimum absolute atomic E-state index is 0.298. The molecule has 2 nitrogen and oxygen atoms in total. The van der Waals surface area contributed by atoms with Gasteiger partial charge < -0.3 is 0 Å². The Kier molecular flexibility index (Phi) is 4.45. The highest BCUT2D eigenvalue weighted by molar-refractivity contribution is 9.15. The lowest BCUT2D eigenvalue weighted by atomic mass is 10.1. The first-order valence-corrected chi connectivity index (χ1v) is 8.48. The van der Waals surface area contributed by atoms with Gasteiger partial charge in [-0.2, -0.15) is 0 Å². The molecule has 0 N–H and O–H groups in total. The second-order valence-corrected chi connectivity index (χ2v) is 7.34. The zero-order chi connectivity index (χ0) is 14.8. The Morgan fingerprint density at radius 3 is 1.85 bits per heavy atom. The van der Waals surface area contributed by atoms with Gasteiger partial charge in [0, 0.05) is 4.48 Å². The summed E-state index contributed by atoms with van der Waals surface area (Å²) in [5, 5.41) is 1.25. The highest BCUT2D eigenvalue weighted by Crippen LogP contribution is 2.25. The van der Waals surface area contributed by atoms with E-state index in [0.717, 1.165) is 16.7 Å². The van der Waals surface area contributed by atoms with E-state index >= 15 is 0 Å². The molecule has 0 aliphatic heterocycles. The molecular weight excluding hydrogens is 336 g/mol. The molecule has 4 heteroatoms. The molecule has 0 unspecified atom stereocenters. The molecule has 0 radical (unpaired) electrons. The molecule has 0 aliphatic rings. The van der Waals surface area contributed by atoms with Crippen molar-refractivity contribution >= 4 is 30.2 Å². The summed E-state index contributed by atoms with van der Waals surface area (Å²) in [5.74, 6) is 0. The van der Waals surface area contributed by atoms with Gasteiger partial charge in [-0.15, -0.1) is 0 Å². The standard InChI is InChI=1S/C16H15BrO2S/c1-12-3-7-14(8-4-12)16(17)11-20(18,19)15-9-5-13(2)6-10-15/h3-11H,1-2H3/b16-11+. The largest absolute Gasteiger partial charge is 0.219 e. The Balaban J connectivity index is 2.37. The maximum Gasteiger partial charge on any atom is 0.200 e. The lowest BCUT2D eigenvalue weighted by molar-refractivity contribution is 0.605. The molecule has 0 saturated carbocycles. The quantitative estimate of drug-likeness (QED) is 0.818. The molecule has 20 heavy (non-hydrogen) atoms. The van der Waals surface area contributed by atoms with Crippen LogP contribution in [-0.4, -0.2) is 8.42 Å². The van der Waals surface area contributed by atoms with E-state index in [-0.39, 0.29) is 0 Å². The molecule has 0 fully saturated rings. The Hall–Kier alpha value is -1.39. The summed E-state index contributed by atoms with van der Waals surface area (Å²) in [6.07, 6.45) is 0. The summed E-state index contributed by atoms with van der Waals surface area (Å²) in [7, 11) is -3.44. The lowest BCUT2D eigenvalue weighted by Gasteiger charge is -2.03. The average molecular weight is 351 g/mol. The van der Waals surface area contributed by atoms with Crippen LogP contribution in [0, 0.1) is 13.8 Å². The van der Waals surface area contributed by atoms with Gasteiger partial charge in [0.2, 0.25) is 9.84 Å². The van der Waals surface area contributed by atoms with E-state index in [4.69, 9.17) is 0 Å². The Labute approximate surface area is 128 Å². The fourth-order valence-corrected chi connectivity index (χ4v) is 3.78. The van der Waals surface area contributed by atoms with Gasteiger partial charge in [0.25, 0.3) is 0 Å². The topological polar surface area (TPSA) is 34.1 Å². The molecule has 2 rings (SSSR count). The van der Waals surface area contributed by atoms with Crippen molar-refractivity contribution in [1.29, 1.82) is 0 Å². The first kappa shape index (κ1) is 15.0. The summed E-state index contributed by atoms with van der Waals surface area (Å²) in [6, 6.07) is 14.5. The van der Waals surface area contributed by atoms with Crippen LogP contribution in [0.4, 0.5) is 0 Å². The molecule has 0 spiro atoms. The maximum absolute atomic E-state index is 12.3. The van der Waals surface area contributed by atoms with Gasteiger partial charge in [0.15, 0.2) is 0 Å². The molecule has 0 amide bonds. The van der Waals surface area contributed by atoms with Gasteiger partial charge in [-0.25, -0.2) is 8.42 Å². The summed E-state index contributed by atoms with van der Waals surface area (Å²) in [5.41, 5.74) is 3.01. The third kappa shape index (κ3) is 3.58. The molecule has 104 valence electrons. The van der Waals surface area contributed by atoms with E-state index in [1.807, 2.05) is 38.1 Å². The molecule has 0 aliphatic carbocycles. The van der Waals surface area contributed by atoms with Crippen molar-refractivity contribution in [2.24, 2.45) is 0 Å². The summed E-state index contributed by atoms with van der Waals surface area (Å²) in [4.78, 5) is 0.298. The Morgan fingerprint density at radius 1 is 0.900 bits per heavy atom. The third-order valence-corrected chi connectivity index (χ3v) is 5.40. The second-order valence-electron chi connectivity index (χ2n) is 4.69. The lowest BCUT2D eigenvalue weighted by Crippen LogP contribution is -1.97. The molecule has 2 aromatic rings. The Bertz CT molecular complexity index is 727. The van der Waals surface area contributed by atoms with Gasteiger partial charge in [-0.1, -0.05) is 47.5 Å². The van der Waals surface area contributed by atoms with Crippen molar-refractivity contribution in [3.63, 3.8) is 0 Å². The number of hydrogen-bond donors (Lipinski definition) is 0. The van der Waals surface area contributed by atoms with Gasteiger partial charge in [-0.05, 0) is 47.5 Å². The first-order valence-electron chi connectivity index (χ1n) is 6.14. The van der Waals surface area contributed by atoms with Crippen molar-refractivity contribution in [2.45, 2.75) is 18.7 Å². The van der Waals surface area contributed by atoms with Crippen LogP contribution < -0.4 is 0 Å². The summed E-state index contributed by atoms with van der Waals surface area (Å²) >= 11 is 3.34. The fraction of sp³-hybridized carbons (Fsp3) is 0.125. The van der Waals surface area contributed by atoms with E-state index in [2.05, 4.69) is 15.9 Å². The molecule has 0 aromatic heterocycles. The summed E-state index contributed by atoms with van der Waals surface area (Å²) < 4.78 is 25.1. The molecular formula is C16H15BrO2S. The van der Waals surface area contributed by atoms with Crippen LogP contribution in [0.5, 0.6) is 0 Å². The van der Waals surface area contributed by atoms with E-state index in [9.17, 15) is 8.42 Å². The highest BCUT2D eigenvalue weighted by Gasteiger charge is 2.12. The maximum atomic E-state index is 12.3. The van der Waals surface area contributed by atoms with Crippen molar-refractivity contribution in [2.75, 3.05) is 0 Å². The molecule has 0 saturated heterocycles. The van der Waals surface area contributed by atoms with Crippen molar-refractivity contribution < 1.29 is 8.42 Å². The number of hydrogen-bond acceptors (Lipinski definition) is 2. The van der Waals surface area contributed by atoms with E-state index < -0.39 is 9.84 Å². The van der Waals surface area contributed by atoms with Crippen LogP contribution in [0.15, 0.2) is 58.8 Å². The monoisotopic (exact) mass is 350 g/mol. The number of sulfone groups is 1. The van der Waals surface area contributed by atoms with Crippen LogP contribution in [-0.2, 0) is 9.84 Å². The van der Waals surface area contributed by atoms with Gasteiger partial charge in [0.05, 0.1) is 10.3 Å². The van der Waals surface area contributed by atoms with E-state index in [0.29, 0.717) is 9.38 Å².